The molecule has 2 aromatic carbocycles. The molecular weight excluding hydrogens is 433 g/mol. The van der Waals surface area contributed by atoms with E-state index >= 15 is 0 Å². The number of amides is 1. The first-order chi connectivity index (χ1) is 13.1. The van der Waals surface area contributed by atoms with Gasteiger partial charge in [-0.1, -0.05) is 30.2 Å². The summed E-state index contributed by atoms with van der Waals surface area (Å²) in [5.41, 5.74) is 8.16. The molecule has 154 valence electrons. The number of nitrogens with two attached hydrogens (primary N) is 1. The normalized spacial score (nSPS) is 12.7. The van der Waals surface area contributed by atoms with Gasteiger partial charge in [-0.2, -0.15) is 0 Å². The lowest BCUT2D eigenvalue weighted by Gasteiger charge is -2.11. The van der Waals surface area contributed by atoms with Gasteiger partial charge in [-0.15, -0.1) is 35.0 Å². The lowest BCUT2D eigenvalue weighted by atomic mass is 10.1. The van der Waals surface area contributed by atoms with Crippen molar-refractivity contribution in [3.8, 4) is 11.4 Å². The SMILES string of the molecule is Cl.Cl.Nc1ccccc1C(=O)Nc1ccc(Cl)c(-c2nnc3n2CCCCC3)c1. The second-order valence-electron chi connectivity index (χ2n) is 6.64. The van der Waals surface area contributed by atoms with Gasteiger partial charge < -0.3 is 15.6 Å². The van der Waals surface area contributed by atoms with Crippen LogP contribution in [0, 0.1) is 0 Å². The highest BCUT2D eigenvalue weighted by atomic mass is 35.5. The number of aryl methyl sites for hydroxylation is 1. The minimum atomic E-state index is -0.263. The van der Waals surface area contributed by atoms with E-state index in [1.54, 1.807) is 36.4 Å². The number of nitrogens with one attached hydrogen (secondary N) is 1. The molecule has 1 aromatic heterocycles. The van der Waals surface area contributed by atoms with Crippen molar-refractivity contribution in [3.05, 3.63) is 58.9 Å². The minimum Gasteiger partial charge on any atom is -0.398 e. The van der Waals surface area contributed by atoms with Crippen LogP contribution >= 0.6 is 36.4 Å². The van der Waals surface area contributed by atoms with E-state index in [1.165, 1.54) is 6.42 Å². The van der Waals surface area contributed by atoms with Gasteiger partial charge in [0.2, 0.25) is 0 Å². The number of rotatable bonds is 3. The lowest BCUT2D eigenvalue weighted by Crippen LogP contribution is -2.14. The van der Waals surface area contributed by atoms with Crippen LogP contribution in [0.3, 0.4) is 0 Å². The molecule has 4 rings (SSSR count). The highest BCUT2D eigenvalue weighted by Gasteiger charge is 2.19. The van der Waals surface area contributed by atoms with Crippen molar-refractivity contribution in [2.75, 3.05) is 11.1 Å². The van der Waals surface area contributed by atoms with Gasteiger partial charge in [-0.3, -0.25) is 4.79 Å². The Hall–Kier alpha value is -2.28. The molecule has 1 amide bonds. The van der Waals surface area contributed by atoms with Crippen molar-refractivity contribution in [1.29, 1.82) is 0 Å². The number of para-hydroxylation sites is 1. The van der Waals surface area contributed by atoms with E-state index in [4.69, 9.17) is 17.3 Å². The minimum absolute atomic E-state index is 0. The molecule has 3 N–H and O–H groups in total. The summed E-state index contributed by atoms with van der Waals surface area (Å²) in [6.45, 7) is 0.880. The maximum Gasteiger partial charge on any atom is 0.257 e. The molecule has 0 radical (unpaired) electrons. The topological polar surface area (TPSA) is 85.8 Å². The third kappa shape index (κ3) is 4.83. The van der Waals surface area contributed by atoms with Gasteiger partial charge in [0.1, 0.15) is 5.82 Å². The molecule has 29 heavy (non-hydrogen) atoms. The predicted octanol–water partition coefficient (Wildman–Crippen LogP) is 5.00. The Morgan fingerprint density at radius 1 is 1.07 bits per heavy atom. The second-order valence-corrected chi connectivity index (χ2v) is 7.05. The second kappa shape index (κ2) is 9.96. The number of fused-ring (bicyclic) bond motifs is 1. The Morgan fingerprint density at radius 3 is 2.66 bits per heavy atom. The maximum absolute atomic E-state index is 12.5. The molecule has 0 atom stereocenters. The van der Waals surface area contributed by atoms with E-state index in [-0.39, 0.29) is 30.7 Å². The van der Waals surface area contributed by atoms with Crippen LogP contribution in [0.4, 0.5) is 11.4 Å². The molecule has 1 aliphatic rings. The number of anilines is 2. The summed E-state index contributed by atoms with van der Waals surface area (Å²) in [7, 11) is 0. The predicted molar refractivity (Wildman–Crippen MR) is 121 cm³/mol. The summed E-state index contributed by atoms with van der Waals surface area (Å²) in [6.07, 6.45) is 4.33. The van der Waals surface area contributed by atoms with Gasteiger partial charge >= 0.3 is 0 Å². The Kier molecular flexibility index (Phi) is 7.90. The van der Waals surface area contributed by atoms with Crippen molar-refractivity contribution in [2.24, 2.45) is 0 Å². The van der Waals surface area contributed by atoms with Crippen molar-refractivity contribution >= 4 is 53.7 Å². The number of aromatic nitrogens is 3. The quantitative estimate of drug-likeness (QED) is 0.545. The number of carbonyl (C=O) groups is 1. The molecule has 9 heteroatoms. The molecule has 0 spiro atoms. The van der Waals surface area contributed by atoms with Crippen LogP contribution in [0.2, 0.25) is 5.02 Å². The van der Waals surface area contributed by atoms with Crippen molar-refractivity contribution < 1.29 is 4.79 Å². The largest absolute Gasteiger partial charge is 0.398 e. The molecule has 6 nitrogen and oxygen atoms in total. The Labute approximate surface area is 186 Å². The standard InChI is InChI=1S/C20H20ClN5O.2ClH/c21-16-10-9-13(23-20(27)14-6-3-4-7-17(14)22)12-15(16)19-25-24-18-8-2-1-5-11-26(18)19;;/h3-4,6-7,9-10,12H,1-2,5,8,11,22H2,(H,23,27);2*1H. The lowest BCUT2D eigenvalue weighted by molar-refractivity contribution is 0.102. The summed E-state index contributed by atoms with van der Waals surface area (Å²) in [5.74, 6) is 1.47. The van der Waals surface area contributed by atoms with E-state index in [9.17, 15) is 4.79 Å². The summed E-state index contributed by atoms with van der Waals surface area (Å²) in [6, 6.07) is 12.3. The number of benzene rings is 2. The van der Waals surface area contributed by atoms with Gasteiger partial charge in [0, 0.05) is 29.9 Å². The van der Waals surface area contributed by atoms with Crippen molar-refractivity contribution in [2.45, 2.75) is 32.2 Å². The molecule has 1 aliphatic heterocycles. The Bertz CT molecular complexity index is 1010. The van der Waals surface area contributed by atoms with Crippen LogP contribution in [-0.2, 0) is 13.0 Å². The Balaban J connectivity index is 0.00000150. The molecular formula is C20H22Cl3N5O. The van der Waals surface area contributed by atoms with E-state index in [2.05, 4.69) is 20.1 Å². The fourth-order valence-electron chi connectivity index (χ4n) is 3.36. The smallest absolute Gasteiger partial charge is 0.257 e. The monoisotopic (exact) mass is 453 g/mol. The highest BCUT2D eigenvalue weighted by molar-refractivity contribution is 6.33. The van der Waals surface area contributed by atoms with Crippen LogP contribution < -0.4 is 11.1 Å². The molecule has 0 fully saturated rings. The zero-order chi connectivity index (χ0) is 18.8. The maximum atomic E-state index is 12.5. The third-order valence-corrected chi connectivity index (χ3v) is 5.11. The molecule has 0 aliphatic carbocycles. The molecule has 0 saturated carbocycles. The molecule has 0 saturated heterocycles. The molecule has 3 aromatic rings. The number of nitrogens with zero attached hydrogens (tertiary/aromatic N) is 3. The van der Waals surface area contributed by atoms with Gasteiger partial charge in [-0.05, 0) is 43.2 Å². The fraction of sp³-hybridized carbons (Fsp3) is 0.250. The molecule has 2 heterocycles. The number of nitrogen functional groups attached to an aromatic ring is 1. The van der Waals surface area contributed by atoms with Gasteiger partial charge in [0.15, 0.2) is 5.82 Å². The van der Waals surface area contributed by atoms with Gasteiger partial charge in [0.05, 0.1) is 10.6 Å². The van der Waals surface area contributed by atoms with E-state index in [1.807, 2.05) is 6.07 Å². The number of halogens is 3. The third-order valence-electron chi connectivity index (χ3n) is 4.78. The zero-order valence-electron chi connectivity index (χ0n) is 15.6. The summed E-state index contributed by atoms with van der Waals surface area (Å²) in [4.78, 5) is 12.5. The van der Waals surface area contributed by atoms with E-state index in [0.717, 1.165) is 43.0 Å². The molecule has 0 unspecified atom stereocenters. The van der Waals surface area contributed by atoms with Crippen LogP contribution in [-0.4, -0.2) is 20.7 Å². The summed E-state index contributed by atoms with van der Waals surface area (Å²) < 4.78 is 2.13. The first-order valence-electron chi connectivity index (χ1n) is 9.01. The van der Waals surface area contributed by atoms with Crippen LogP contribution in [0.1, 0.15) is 35.4 Å². The zero-order valence-corrected chi connectivity index (χ0v) is 18.0. The van der Waals surface area contributed by atoms with Gasteiger partial charge in [-0.25, -0.2) is 0 Å². The van der Waals surface area contributed by atoms with E-state index < -0.39 is 0 Å². The first-order valence-corrected chi connectivity index (χ1v) is 9.39. The van der Waals surface area contributed by atoms with Crippen molar-refractivity contribution in [1.82, 2.24) is 14.8 Å². The summed E-state index contributed by atoms with van der Waals surface area (Å²) in [5, 5.41) is 12.2. The highest BCUT2D eigenvalue weighted by Crippen LogP contribution is 2.31. The van der Waals surface area contributed by atoms with Crippen LogP contribution in [0.15, 0.2) is 42.5 Å². The fourth-order valence-corrected chi connectivity index (χ4v) is 3.56. The average Bonchev–Trinajstić information content (AvgIpc) is 2.91. The van der Waals surface area contributed by atoms with E-state index in [0.29, 0.717) is 22.0 Å². The number of hydrogen-bond donors (Lipinski definition) is 2. The summed E-state index contributed by atoms with van der Waals surface area (Å²) >= 11 is 6.44. The number of carbonyl (C=O) groups excluding carboxylic acids is 1. The molecule has 0 bridgehead atoms. The van der Waals surface area contributed by atoms with Crippen molar-refractivity contribution in [3.63, 3.8) is 0 Å². The van der Waals surface area contributed by atoms with Gasteiger partial charge in [0.25, 0.3) is 5.91 Å². The van der Waals surface area contributed by atoms with Crippen LogP contribution in [0.5, 0.6) is 0 Å². The number of hydrogen-bond acceptors (Lipinski definition) is 4. The Morgan fingerprint density at radius 2 is 1.86 bits per heavy atom. The first kappa shape index (κ1) is 23.0. The van der Waals surface area contributed by atoms with Crippen LogP contribution in [0.25, 0.3) is 11.4 Å². The average molecular weight is 455 g/mol.